The van der Waals surface area contributed by atoms with Gasteiger partial charge in [0, 0.05) is 17.3 Å². The molecule has 49 heavy (non-hydrogen) atoms. The standard InChI is InChI=1S/C24H18.C17H14.4C2H6/c1-24(19-15-14-17-8-2-3-9-18(17)16-19)22-12-6-4-10-20(22)21-11-5-7-13-23(21)24;1-3-12-17(2)15-10-6-4-8-13(15)14-9-5-7-11-16(14)17;4*1-2/h2-16H,1H3;1,4-11H,12H2,2H3;4*1-2H3. The van der Waals surface area contributed by atoms with E-state index in [2.05, 4.69) is 159 Å². The molecule has 2 aliphatic carbocycles. The molecule has 8 rings (SSSR count). The second-order valence-corrected chi connectivity index (χ2v) is 11.6. The normalized spacial score (nSPS) is 12.7. The molecule has 0 aromatic heterocycles. The largest absolute Gasteiger partial charge is 0.120 e. The number of benzene rings is 6. The van der Waals surface area contributed by atoms with Crippen LogP contribution < -0.4 is 0 Å². The Kier molecular flexibility index (Phi) is 14.2. The highest BCUT2D eigenvalue weighted by molar-refractivity contribution is 5.87. The van der Waals surface area contributed by atoms with Crippen molar-refractivity contribution in [1.29, 1.82) is 0 Å². The number of hydrogen-bond acceptors (Lipinski definition) is 0. The molecule has 0 bridgehead atoms. The summed E-state index contributed by atoms with van der Waals surface area (Å²) < 4.78 is 0. The van der Waals surface area contributed by atoms with Gasteiger partial charge in [-0.25, -0.2) is 0 Å². The molecule has 0 radical (unpaired) electrons. The lowest BCUT2D eigenvalue weighted by molar-refractivity contribution is 0.607. The zero-order chi connectivity index (χ0) is 36.0. The minimum atomic E-state index is -0.1000. The van der Waals surface area contributed by atoms with Gasteiger partial charge in [0.05, 0.1) is 0 Å². The number of hydrogen-bond donors (Lipinski definition) is 0. The fourth-order valence-electron chi connectivity index (χ4n) is 7.20. The quantitative estimate of drug-likeness (QED) is 0.165. The zero-order valence-corrected chi connectivity index (χ0v) is 31.6. The first-order valence-corrected chi connectivity index (χ1v) is 18.4. The van der Waals surface area contributed by atoms with Gasteiger partial charge in [-0.05, 0) is 73.8 Å². The van der Waals surface area contributed by atoms with Crippen molar-refractivity contribution >= 4 is 10.8 Å². The Labute approximate surface area is 298 Å². The maximum Gasteiger partial charge on any atom is 0.0435 e. The van der Waals surface area contributed by atoms with E-state index in [4.69, 9.17) is 6.42 Å². The van der Waals surface area contributed by atoms with Crippen molar-refractivity contribution in [3.63, 3.8) is 0 Å². The van der Waals surface area contributed by atoms with Crippen LogP contribution in [0, 0.1) is 12.3 Å². The third-order valence-electron chi connectivity index (χ3n) is 9.34. The lowest BCUT2D eigenvalue weighted by Gasteiger charge is -2.28. The Morgan fingerprint density at radius 2 is 0.776 bits per heavy atom. The topological polar surface area (TPSA) is 0 Å². The highest BCUT2D eigenvalue weighted by Gasteiger charge is 2.40. The first kappa shape index (κ1) is 38.6. The Morgan fingerprint density at radius 1 is 0.429 bits per heavy atom. The molecule has 2 aliphatic rings. The van der Waals surface area contributed by atoms with Gasteiger partial charge in [0.1, 0.15) is 0 Å². The third kappa shape index (κ3) is 7.14. The van der Waals surface area contributed by atoms with Crippen molar-refractivity contribution in [2.24, 2.45) is 0 Å². The fraction of sp³-hybridized carbons (Fsp3) is 0.265. The van der Waals surface area contributed by atoms with E-state index in [1.165, 1.54) is 60.8 Å². The predicted molar refractivity (Wildman–Crippen MR) is 219 cm³/mol. The zero-order valence-electron chi connectivity index (χ0n) is 31.6. The number of terminal acetylenes is 1. The smallest absolute Gasteiger partial charge is 0.0435 e. The molecule has 0 aliphatic heterocycles. The minimum Gasteiger partial charge on any atom is -0.120 e. The van der Waals surface area contributed by atoms with E-state index in [0.717, 1.165) is 6.42 Å². The Hall–Kier alpha value is -4.86. The van der Waals surface area contributed by atoms with E-state index < -0.39 is 0 Å². The SMILES string of the molecule is C#CCC1(C)c2ccccc2-c2ccccc21.CC.CC.CC.CC.CC1(c2ccc3ccccc3c2)c2ccccc2-c2ccccc21. The molecule has 0 heteroatoms. The van der Waals surface area contributed by atoms with Crippen LogP contribution in [0.4, 0.5) is 0 Å². The molecule has 0 saturated heterocycles. The Balaban J connectivity index is 0.000000229. The van der Waals surface area contributed by atoms with Gasteiger partial charge < -0.3 is 0 Å². The summed E-state index contributed by atoms with van der Waals surface area (Å²) >= 11 is 0. The van der Waals surface area contributed by atoms with Crippen LogP contribution in [0.5, 0.6) is 0 Å². The average Bonchev–Trinajstić information content (AvgIpc) is 3.61. The van der Waals surface area contributed by atoms with Crippen LogP contribution in [0.2, 0.25) is 0 Å². The molecule has 0 fully saturated rings. The maximum absolute atomic E-state index is 5.56. The first-order chi connectivity index (χ1) is 24.1. The van der Waals surface area contributed by atoms with Gasteiger partial charge in [-0.1, -0.05) is 196 Å². The van der Waals surface area contributed by atoms with Gasteiger partial charge in [0.2, 0.25) is 0 Å². The molecule has 6 aromatic rings. The van der Waals surface area contributed by atoms with Crippen LogP contribution in [-0.4, -0.2) is 0 Å². The van der Waals surface area contributed by atoms with Crippen LogP contribution in [0.25, 0.3) is 33.0 Å². The molecular formula is C49H56. The molecule has 0 unspecified atom stereocenters. The lowest BCUT2D eigenvalue weighted by atomic mass is 9.74. The molecule has 0 spiro atoms. The van der Waals surface area contributed by atoms with Gasteiger partial charge >= 0.3 is 0 Å². The molecule has 0 N–H and O–H groups in total. The second-order valence-electron chi connectivity index (χ2n) is 11.6. The fourth-order valence-corrected chi connectivity index (χ4v) is 7.20. The van der Waals surface area contributed by atoms with Crippen molar-refractivity contribution in [1.82, 2.24) is 0 Å². The molecule has 0 saturated carbocycles. The molecule has 252 valence electrons. The van der Waals surface area contributed by atoms with Crippen molar-refractivity contribution < 1.29 is 0 Å². The summed E-state index contributed by atoms with van der Waals surface area (Å²) in [5, 5.41) is 2.60. The first-order valence-electron chi connectivity index (χ1n) is 18.4. The third-order valence-corrected chi connectivity index (χ3v) is 9.34. The van der Waals surface area contributed by atoms with Gasteiger partial charge in [-0.2, -0.15) is 0 Å². The molecule has 0 atom stereocenters. The van der Waals surface area contributed by atoms with Crippen molar-refractivity contribution in [3.8, 4) is 34.6 Å². The van der Waals surface area contributed by atoms with Crippen LogP contribution in [0.15, 0.2) is 140 Å². The predicted octanol–water partition coefficient (Wildman–Crippen LogP) is 14.3. The summed E-state index contributed by atoms with van der Waals surface area (Å²) in [4.78, 5) is 0. The van der Waals surface area contributed by atoms with Crippen LogP contribution >= 0.6 is 0 Å². The highest BCUT2D eigenvalue weighted by atomic mass is 14.4. The van der Waals surface area contributed by atoms with E-state index in [0.29, 0.717) is 0 Å². The lowest BCUT2D eigenvalue weighted by Crippen LogP contribution is -2.22. The van der Waals surface area contributed by atoms with E-state index in [1.807, 2.05) is 55.4 Å². The van der Waals surface area contributed by atoms with E-state index in [9.17, 15) is 0 Å². The van der Waals surface area contributed by atoms with E-state index >= 15 is 0 Å². The highest BCUT2D eigenvalue weighted by Crippen LogP contribution is 2.52. The summed E-state index contributed by atoms with van der Waals surface area (Å²) in [5.74, 6) is 2.83. The monoisotopic (exact) mass is 644 g/mol. The van der Waals surface area contributed by atoms with Crippen LogP contribution in [0.3, 0.4) is 0 Å². The summed E-state index contributed by atoms with van der Waals surface area (Å²) in [5.41, 5.74) is 12.2. The van der Waals surface area contributed by atoms with Gasteiger partial charge in [0.15, 0.2) is 0 Å². The van der Waals surface area contributed by atoms with E-state index in [-0.39, 0.29) is 10.8 Å². The van der Waals surface area contributed by atoms with Gasteiger partial charge in [-0.3, -0.25) is 0 Å². The minimum absolute atomic E-state index is 0.0259. The summed E-state index contributed by atoms with van der Waals surface area (Å²) in [6.07, 6.45) is 6.31. The molecule has 0 heterocycles. The summed E-state index contributed by atoms with van der Waals surface area (Å²) in [7, 11) is 0. The van der Waals surface area contributed by atoms with Crippen molar-refractivity contribution in [2.75, 3.05) is 0 Å². The van der Waals surface area contributed by atoms with E-state index in [1.54, 1.807) is 0 Å². The Bertz CT molecular complexity index is 1870. The summed E-state index contributed by atoms with van der Waals surface area (Å²) in [6, 6.07) is 50.3. The van der Waals surface area contributed by atoms with Gasteiger partial charge in [0.25, 0.3) is 0 Å². The average molecular weight is 645 g/mol. The second kappa shape index (κ2) is 18.1. The molecule has 0 nitrogen and oxygen atoms in total. The molecule has 0 amide bonds. The van der Waals surface area contributed by atoms with Gasteiger partial charge in [-0.15, -0.1) is 12.3 Å². The van der Waals surface area contributed by atoms with Crippen molar-refractivity contribution in [3.05, 3.63) is 167 Å². The number of fused-ring (bicyclic) bond motifs is 7. The molecule has 6 aromatic carbocycles. The molecular weight excluding hydrogens is 589 g/mol. The number of rotatable bonds is 2. The van der Waals surface area contributed by atoms with Crippen molar-refractivity contribution in [2.45, 2.75) is 86.5 Å². The summed E-state index contributed by atoms with van der Waals surface area (Å²) in [6.45, 7) is 20.6. The Morgan fingerprint density at radius 3 is 1.20 bits per heavy atom. The van der Waals surface area contributed by atoms with Crippen LogP contribution in [0.1, 0.15) is 103 Å². The van der Waals surface area contributed by atoms with Crippen LogP contribution in [-0.2, 0) is 10.8 Å². The maximum atomic E-state index is 5.56.